The van der Waals surface area contributed by atoms with Gasteiger partial charge in [-0.25, -0.2) is 18.7 Å². The molecule has 0 aromatic carbocycles. The van der Waals surface area contributed by atoms with E-state index < -0.39 is 12.5 Å². The van der Waals surface area contributed by atoms with Crippen LogP contribution in [0.2, 0.25) is 0 Å². The minimum absolute atomic E-state index is 0.0145. The first kappa shape index (κ1) is 22.0. The maximum Gasteiger partial charge on any atom is 0.263 e. The van der Waals surface area contributed by atoms with E-state index in [-0.39, 0.29) is 18.5 Å². The van der Waals surface area contributed by atoms with Gasteiger partial charge in [-0.05, 0) is 49.9 Å². The molecule has 1 saturated heterocycles. The van der Waals surface area contributed by atoms with Crippen molar-refractivity contribution in [3.63, 3.8) is 0 Å². The number of pyridine rings is 2. The Labute approximate surface area is 194 Å². The van der Waals surface area contributed by atoms with Crippen LogP contribution in [0.25, 0.3) is 10.2 Å². The van der Waals surface area contributed by atoms with Gasteiger partial charge in [-0.2, -0.15) is 0 Å². The lowest BCUT2D eigenvalue weighted by Gasteiger charge is -2.35. The number of anilines is 2. The lowest BCUT2D eigenvalue weighted by atomic mass is 9.91. The predicted octanol–water partition coefficient (Wildman–Crippen LogP) is 2.91. The number of nitrogens with two attached hydrogens (primary N) is 1. The number of carbonyl (C=O) groups excluding carboxylic acids is 1. The van der Waals surface area contributed by atoms with E-state index in [2.05, 4.69) is 15.6 Å². The predicted molar refractivity (Wildman–Crippen MR) is 126 cm³/mol. The van der Waals surface area contributed by atoms with E-state index in [9.17, 15) is 13.6 Å². The van der Waals surface area contributed by atoms with Crippen molar-refractivity contribution in [1.29, 1.82) is 0 Å². The number of rotatable bonds is 4. The number of aromatic nitrogens is 2. The lowest BCUT2D eigenvalue weighted by Crippen LogP contribution is -2.54. The smallest absolute Gasteiger partial charge is 0.263 e. The van der Waals surface area contributed by atoms with Crippen LogP contribution in [0.1, 0.15) is 33.0 Å². The van der Waals surface area contributed by atoms with Crippen LogP contribution in [0.3, 0.4) is 0 Å². The molecule has 2 atom stereocenters. The molecule has 1 amide bonds. The number of halogens is 2. The minimum Gasteiger partial charge on any atom is -0.397 e. The number of aryl methyl sites for hydroxylation is 2. The van der Waals surface area contributed by atoms with Crippen molar-refractivity contribution in [2.45, 2.75) is 44.7 Å². The third-order valence-electron chi connectivity index (χ3n) is 6.36. The van der Waals surface area contributed by atoms with Crippen molar-refractivity contribution in [3.05, 3.63) is 46.1 Å². The maximum absolute atomic E-state index is 13.1. The summed E-state index contributed by atoms with van der Waals surface area (Å²) in [6, 6.07) is 6.85. The van der Waals surface area contributed by atoms with Gasteiger partial charge < -0.3 is 21.3 Å². The molecule has 4 N–H and O–H groups in total. The fourth-order valence-electron chi connectivity index (χ4n) is 4.56. The molecule has 5 rings (SSSR count). The number of piperazine rings is 1. The molecule has 0 bridgehead atoms. The van der Waals surface area contributed by atoms with Gasteiger partial charge in [0.2, 0.25) is 0 Å². The second-order valence-electron chi connectivity index (χ2n) is 8.68. The van der Waals surface area contributed by atoms with Crippen LogP contribution in [-0.4, -0.2) is 54.0 Å². The zero-order chi connectivity index (χ0) is 23.1. The van der Waals surface area contributed by atoms with Gasteiger partial charge in [0.15, 0.2) is 0 Å². The molecule has 2 aliphatic rings. The fourth-order valence-corrected chi connectivity index (χ4v) is 5.61. The van der Waals surface area contributed by atoms with E-state index in [4.69, 9.17) is 10.7 Å². The van der Waals surface area contributed by atoms with Crippen LogP contribution in [-0.2, 0) is 12.8 Å². The Morgan fingerprint density at radius 3 is 2.97 bits per heavy atom. The number of carbonyl (C=O) groups is 1. The van der Waals surface area contributed by atoms with Gasteiger partial charge in [-0.15, -0.1) is 11.3 Å². The second kappa shape index (κ2) is 8.83. The summed E-state index contributed by atoms with van der Waals surface area (Å²) in [4.78, 5) is 25.4. The molecule has 0 spiro atoms. The molecule has 10 heteroatoms. The summed E-state index contributed by atoms with van der Waals surface area (Å²) in [7, 11) is 0. The van der Waals surface area contributed by atoms with Gasteiger partial charge in [-0.3, -0.25) is 4.79 Å². The van der Waals surface area contributed by atoms with Gasteiger partial charge in [0.25, 0.3) is 12.3 Å². The molecule has 33 heavy (non-hydrogen) atoms. The summed E-state index contributed by atoms with van der Waals surface area (Å²) < 4.78 is 26.2. The number of nitrogens with zero attached hydrogens (tertiary/aromatic N) is 3. The quantitative estimate of drug-likeness (QED) is 0.540. The van der Waals surface area contributed by atoms with Crippen LogP contribution in [0.4, 0.5) is 20.3 Å². The third-order valence-corrected chi connectivity index (χ3v) is 7.47. The summed E-state index contributed by atoms with van der Waals surface area (Å²) in [6.45, 7) is 3.32. The number of nitrogens with one attached hydrogen (secondary N) is 2. The molecule has 1 aliphatic carbocycles. The molecule has 3 aromatic rings. The normalized spacial score (nSPS) is 20.8. The molecule has 1 aliphatic heterocycles. The Morgan fingerprint density at radius 2 is 2.15 bits per heavy atom. The Kier molecular flexibility index (Phi) is 5.88. The second-order valence-corrected chi connectivity index (χ2v) is 9.68. The molecule has 3 aromatic heterocycles. The van der Waals surface area contributed by atoms with Crippen molar-refractivity contribution in [2.24, 2.45) is 0 Å². The van der Waals surface area contributed by atoms with Gasteiger partial charge >= 0.3 is 0 Å². The molecule has 174 valence electrons. The minimum atomic E-state index is -2.40. The third kappa shape index (κ3) is 4.37. The molecule has 0 radical (unpaired) electrons. The summed E-state index contributed by atoms with van der Waals surface area (Å²) in [5.74, 6) is 0.564. The summed E-state index contributed by atoms with van der Waals surface area (Å²) >= 11 is 1.32. The number of alkyl halides is 2. The van der Waals surface area contributed by atoms with Gasteiger partial charge in [0, 0.05) is 42.5 Å². The van der Waals surface area contributed by atoms with Crippen molar-refractivity contribution < 1.29 is 13.6 Å². The van der Waals surface area contributed by atoms with Crippen LogP contribution < -0.4 is 21.3 Å². The maximum atomic E-state index is 13.1. The Hall–Kier alpha value is -2.85. The van der Waals surface area contributed by atoms with E-state index >= 15 is 0 Å². The number of amides is 1. The van der Waals surface area contributed by atoms with Gasteiger partial charge in [0.1, 0.15) is 15.5 Å². The Morgan fingerprint density at radius 1 is 1.30 bits per heavy atom. The molecular weight excluding hydrogens is 446 g/mol. The SMILES string of the molecule is Cc1ccc2c(N)c(C(=O)N[C@H]3CCc4nc(N5CCN[C@@H](C(F)F)C5)ccc4C3)sc2n1. The monoisotopic (exact) mass is 472 g/mol. The summed E-state index contributed by atoms with van der Waals surface area (Å²) in [6.07, 6.45) is -0.234. The lowest BCUT2D eigenvalue weighted by molar-refractivity contribution is 0.0936. The number of hydrogen-bond donors (Lipinski definition) is 3. The molecule has 0 unspecified atom stereocenters. The van der Waals surface area contributed by atoms with Crippen LogP contribution in [0, 0.1) is 6.92 Å². The van der Waals surface area contributed by atoms with Crippen LogP contribution >= 0.6 is 11.3 Å². The van der Waals surface area contributed by atoms with E-state index in [0.29, 0.717) is 30.1 Å². The molecule has 1 fully saturated rings. The van der Waals surface area contributed by atoms with E-state index in [0.717, 1.165) is 45.8 Å². The van der Waals surface area contributed by atoms with Crippen LogP contribution in [0.15, 0.2) is 24.3 Å². The zero-order valence-electron chi connectivity index (χ0n) is 18.3. The van der Waals surface area contributed by atoms with E-state index in [1.165, 1.54) is 11.3 Å². The number of hydrogen-bond acceptors (Lipinski definition) is 7. The largest absolute Gasteiger partial charge is 0.397 e. The zero-order valence-corrected chi connectivity index (χ0v) is 19.1. The number of thiophene rings is 1. The van der Waals surface area contributed by atoms with Crippen molar-refractivity contribution >= 4 is 39.0 Å². The van der Waals surface area contributed by atoms with Crippen molar-refractivity contribution in [2.75, 3.05) is 30.3 Å². The topological polar surface area (TPSA) is 96.2 Å². The summed E-state index contributed by atoms with van der Waals surface area (Å²) in [5.41, 5.74) is 9.65. The van der Waals surface area contributed by atoms with Crippen molar-refractivity contribution in [3.8, 4) is 0 Å². The van der Waals surface area contributed by atoms with Crippen molar-refractivity contribution in [1.82, 2.24) is 20.6 Å². The van der Waals surface area contributed by atoms with E-state index in [1.807, 2.05) is 36.1 Å². The highest BCUT2D eigenvalue weighted by atomic mass is 32.1. The highest BCUT2D eigenvalue weighted by Crippen LogP contribution is 2.33. The Bertz CT molecular complexity index is 1200. The first-order valence-electron chi connectivity index (χ1n) is 11.1. The van der Waals surface area contributed by atoms with Gasteiger partial charge in [-0.1, -0.05) is 6.07 Å². The fraction of sp³-hybridized carbons (Fsp3) is 0.435. The standard InChI is InChI=1S/C23H26F2N6OS/c1-12-2-5-15-19(26)20(33-23(15)28-12)22(32)29-14-4-6-16-13(10-14)3-7-18(30-16)31-9-8-27-17(11-31)21(24)25/h2-3,5,7,14,17,21,27H,4,6,8-11,26H2,1H3,(H,29,32)/t14-,17+/m0/s1. The number of nitrogen functional groups attached to an aromatic ring is 1. The highest BCUT2D eigenvalue weighted by molar-refractivity contribution is 7.21. The first-order valence-corrected chi connectivity index (χ1v) is 11.9. The first-order chi connectivity index (χ1) is 15.9. The summed E-state index contributed by atoms with van der Waals surface area (Å²) in [5, 5.41) is 6.79. The average Bonchev–Trinajstić information content (AvgIpc) is 3.14. The van der Waals surface area contributed by atoms with Crippen LogP contribution in [0.5, 0.6) is 0 Å². The molecule has 7 nitrogen and oxygen atoms in total. The Balaban J connectivity index is 1.27. The highest BCUT2D eigenvalue weighted by Gasteiger charge is 2.29. The molecule has 0 saturated carbocycles. The molecule has 4 heterocycles. The molecular formula is C23H26F2N6OS. The number of fused-ring (bicyclic) bond motifs is 2. The van der Waals surface area contributed by atoms with Gasteiger partial charge in [0.05, 0.1) is 11.7 Å². The average molecular weight is 473 g/mol. The van der Waals surface area contributed by atoms with E-state index in [1.54, 1.807) is 0 Å².